The van der Waals surface area contributed by atoms with E-state index in [1.165, 1.54) is 16.5 Å². The fourth-order valence-electron chi connectivity index (χ4n) is 2.81. The quantitative estimate of drug-likeness (QED) is 0.491. The van der Waals surface area contributed by atoms with E-state index < -0.39 is 0 Å². The van der Waals surface area contributed by atoms with Crippen LogP contribution in [0.5, 0.6) is 0 Å². The summed E-state index contributed by atoms with van der Waals surface area (Å²) < 4.78 is 3.27. The standard InChI is InChI=1S/C18H15ClN4OS2/c1-10-12(19)4-3-5-13(10)20-17(24)9-26-18-15-8-16-14(6-7-25-16)23(15)11(2)21-22-18/h3-8H,9H2,1-2H3,(H,20,24). The predicted octanol–water partition coefficient (Wildman–Crippen LogP) is 4.95. The smallest absolute Gasteiger partial charge is 0.234 e. The van der Waals surface area contributed by atoms with Crippen LogP contribution in [-0.2, 0) is 4.79 Å². The molecule has 1 amide bonds. The summed E-state index contributed by atoms with van der Waals surface area (Å²) in [7, 11) is 0. The molecule has 0 spiro atoms. The Balaban J connectivity index is 1.55. The lowest BCUT2D eigenvalue weighted by Gasteiger charge is -2.09. The van der Waals surface area contributed by atoms with Crippen molar-refractivity contribution in [3.05, 3.63) is 52.1 Å². The minimum Gasteiger partial charge on any atom is -0.325 e. The highest BCUT2D eigenvalue weighted by atomic mass is 35.5. The van der Waals surface area contributed by atoms with Crippen molar-refractivity contribution >= 4 is 62.0 Å². The second kappa shape index (κ2) is 6.90. The molecule has 3 aromatic heterocycles. The maximum absolute atomic E-state index is 12.3. The fourth-order valence-corrected chi connectivity index (χ4v) is 4.53. The number of aromatic nitrogens is 3. The Morgan fingerprint density at radius 3 is 2.96 bits per heavy atom. The topological polar surface area (TPSA) is 59.3 Å². The third-order valence-corrected chi connectivity index (χ3v) is 6.37. The zero-order valence-electron chi connectivity index (χ0n) is 14.1. The van der Waals surface area contributed by atoms with E-state index in [4.69, 9.17) is 11.6 Å². The molecule has 0 unspecified atom stereocenters. The van der Waals surface area contributed by atoms with Crippen LogP contribution in [0.15, 0.2) is 40.7 Å². The highest BCUT2D eigenvalue weighted by Crippen LogP contribution is 2.31. The van der Waals surface area contributed by atoms with Crippen LogP contribution in [0.3, 0.4) is 0 Å². The van der Waals surface area contributed by atoms with Gasteiger partial charge in [-0.2, -0.15) is 0 Å². The van der Waals surface area contributed by atoms with Gasteiger partial charge in [-0.25, -0.2) is 0 Å². The van der Waals surface area contributed by atoms with Crippen LogP contribution < -0.4 is 5.32 Å². The third kappa shape index (κ3) is 3.06. The molecule has 132 valence electrons. The molecule has 26 heavy (non-hydrogen) atoms. The lowest BCUT2D eigenvalue weighted by molar-refractivity contribution is -0.113. The van der Waals surface area contributed by atoms with Gasteiger partial charge in [0.2, 0.25) is 5.91 Å². The minimum absolute atomic E-state index is 0.103. The highest BCUT2D eigenvalue weighted by molar-refractivity contribution is 8.00. The van der Waals surface area contributed by atoms with Crippen molar-refractivity contribution in [2.45, 2.75) is 18.9 Å². The number of benzene rings is 1. The number of thiophene rings is 1. The predicted molar refractivity (Wildman–Crippen MR) is 109 cm³/mol. The molecular weight excluding hydrogens is 388 g/mol. The number of aryl methyl sites for hydroxylation is 1. The van der Waals surface area contributed by atoms with Crippen molar-refractivity contribution in [1.29, 1.82) is 0 Å². The van der Waals surface area contributed by atoms with Crippen molar-refractivity contribution in [1.82, 2.24) is 14.6 Å². The zero-order chi connectivity index (χ0) is 18.3. The average Bonchev–Trinajstić information content (AvgIpc) is 3.20. The molecule has 0 saturated carbocycles. The van der Waals surface area contributed by atoms with E-state index in [1.54, 1.807) is 17.4 Å². The Morgan fingerprint density at radius 2 is 2.12 bits per heavy atom. The Kier molecular flexibility index (Phi) is 4.60. The first kappa shape index (κ1) is 17.3. The van der Waals surface area contributed by atoms with Gasteiger partial charge in [-0.15, -0.1) is 21.5 Å². The number of rotatable bonds is 4. The summed E-state index contributed by atoms with van der Waals surface area (Å²) >= 11 is 9.16. The zero-order valence-corrected chi connectivity index (χ0v) is 16.5. The van der Waals surface area contributed by atoms with Gasteiger partial charge in [0.25, 0.3) is 0 Å². The summed E-state index contributed by atoms with van der Waals surface area (Å²) in [5.74, 6) is 0.976. The molecule has 0 atom stereocenters. The summed E-state index contributed by atoms with van der Waals surface area (Å²) in [4.78, 5) is 12.3. The maximum Gasteiger partial charge on any atom is 0.234 e. The van der Waals surface area contributed by atoms with E-state index in [1.807, 2.05) is 26.0 Å². The van der Waals surface area contributed by atoms with Crippen LogP contribution in [0.25, 0.3) is 15.7 Å². The molecule has 4 aromatic rings. The van der Waals surface area contributed by atoms with Gasteiger partial charge in [0.05, 0.1) is 21.5 Å². The molecule has 0 aliphatic carbocycles. The number of carbonyl (C=O) groups excluding carboxylic acids is 1. The highest BCUT2D eigenvalue weighted by Gasteiger charge is 2.14. The molecule has 0 bridgehead atoms. The number of nitrogens with one attached hydrogen (secondary N) is 1. The number of hydrogen-bond donors (Lipinski definition) is 1. The van der Waals surface area contributed by atoms with Crippen LogP contribution in [0.1, 0.15) is 11.4 Å². The van der Waals surface area contributed by atoms with Crippen molar-refractivity contribution < 1.29 is 4.79 Å². The van der Waals surface area contributed by atoms with Crippen molar-refractivity contribution in [2.75, 3.05) is 11.1 Å². The average molecular weight is 403 g/mol. The fraction of sp³-hybridized carbons (Fsp3) is 0.167. The monoisotopic (exact) mass is 402 g/mol. The van der Waals surface area contributed by atoms with Crippen LogP contribution in [0, 0.1) is 13.8 Å². The van der Waals surface area contributed by atoms with E-state index in [0.717, 1.165) is 33.1 Å². The molecule has 5 nitrogen and oxygen atoms in total. The second-order valence-electron chi connectivity index (χ2n) is 5.84. The first-order valence-electron chi connectivity index (χ1n) is 7.94. The molecule has 0 fully saturated rings. The molecule has 0 saturated heterocycles. The summed E-state index contributed by atoms with van der Waals surface area (Å²) in [5.41, 5.74) is 3.69. The van der Waals surface area contributed by atoms with Gasteiger partial charge in [-0.3, -0.25) is 9.20 Å². The van der Waals surface area contributed by atoms with Gasteiger partial charge < -0.3 is 5.32 Å². The number of hydrogen-bond acceptors (Lipinski definition) is 5. The summed E-state index contributed by atoms with van der Waals surface area (Å²) in [6, 6.07) is 9.64. The molecule has 3 heterocycles. The lowest BCUT2D eigenvalue weighted by Crippen LogP contribution is -2.15. The molecule has 0 radical (unpaired) electrons. The van der Waals surface area contributed by atoms with E-state index >= 15 is 0 Å². The van der Waals surface area contributed by atoms with Gasteiger partial charge in [0.15, 0.2) is 0 Å². The molecule has 0 aliphatic heterocycles. The third-order valence-electron chi connectivity index (χ3n) is 4.13. The molecule has 1 aromatic carbocycles. The van der Waals surface area contributed by atoms with Gasteiger partial charge in [0, 0.05) is 10.7 Å². The number of carbonyl (C=O) groups is 1. The van der Waals surface area contributed by atoms with Crippen molar-refractivity contribution in [2.24, 2.45) is 0 Å². The molecule has 8 heteroatoms. The molecule has 1 N–H and O–H groups in total. The second-order valence-corrected chi connectivity index (χ2v) is 8.16. The van der Waals surface area contributed by atoms with Gasteiger partial charge in [-0.05, 0) is 49.1 Å². The summed E-state index contributed by atoms with van der Waals surface area (Å²) in [6.07, 6.45) is 0. The SMILES string of the molecule is Cc1c(Cl)cccc1NC(=O)CSc1nnc(C)n2c1cc1sccc12. The number of amides is 1. The molecular formula is C18H15ClN4OS2. The number of fused-ring (bicyclic) bond motifs is 3. The maximum atomic E-state index is 12.3. The first-order valence-corrected chi connectivity index (χ1v) is 10.2. The Morgan fingerprint density at radius 1 is 1.27 bits per heavy atom. The Labute approximate surface area is 163 Å². The van der Waals surface area contributed by atoms with Crippen LogP contribution in [0.2, 0.25) is 5.02 Å². The Hall–Kier alpha value is -2.09. The van der Waals surface area contributed by atoms with E-state index in [0.29, 0.717) is 5.02 Å². The summed E-state index contributed by atoms with van der Waals surface area (Å²) in [5, 5.41) is 14.9. The van der Waals surface area contributed by atoms with Crippen molar-refractivity contribution in [3.8, 4) is 0 Å². The summed E-state index contributed by atoms with van der Waals surface area (Å²) in [6.45, 7) is 3.81. The van der Waals surface area contributed by atoms with Crippen LogP contribution in [0.4, 0.5) is 5.69 Å². The number of anilines is 1. The molecule has 0 aliphatic rings. The van der Waals surface area contributed by atoms with Gasteiger partial charge in [-0.1, -0.05) is 29.4 Å². The first-order chi connectivity index (χ1) is 12.5. The van der Waals surface area contributed by atoms with Gasteiger partial charge >= 0.3 is 0 Å². The molecule has 4 rings (SSSR count). The number of thioether (sulfide) groups is 1. The van der Waals surface area contributed by atoms with Gasteiger partial charge in [0.1, 0.15) is 10.9 Å². The number of halogens is 1. The normalized spacial score (nSPS) is 11.3. The largest absolute Gasteiger partial charge is 0.325 e. The van der Waals surface area contributed by atoms with Crippen LogP contribution >= 0.6 is 34.7 Å². The Bertz CT molecular complexity index is 1140. The van der Waals surface area contributed by atoms with Crippen molar-refractivity contribution in [3.63, 3.8) is 0 Å². The number of nitrogens with zero attached hydrogens (tertiary/aromatic N) is 3. The van der Waals surface area contributed by atoms with E-state index in [-0.39, 0.29) is 11.7 Å². The lowest BCUT2D eigenvalue weighted by atomic mass is 10.2. The van der Waals surface area contributed by atoms with E-state index in [2.05, 4.69) is 37.4 Å². The minimum atomic E-state index is -0.103. The van der Waals surface area contributed by atoms with Crippen LogP contribution in [-0.4, -0.2) is 26.3 Å². The van der Waals surface area contributed by atoms with E-state index in [9.17, 15) is 4.79 Å².